The second-order valence-electron chi connectivity index (χ2n) is 5.38. The highest BCUT2D eigenvalue weighted by Crippen LogP contribution is 2.15. The maximum Gasteiger partial charge on any atom is 0.170 e. The van der Waals surface area contributed by atoms with E-state index in [1.165, 1.54) is 11.1 Å². The van der Waals surface area contributed by atoms with Crippen LogP contribution in [0.3, 0.4) is 0 Å². The Kier molecular flexibility index (Phi) is 7.92. The number of benzene rings is 2. The van der Waals surface area contributed by atoms with Crippen molar-refractivity contribution in [3.8, 4) is 5.75 Å². The summed E-state index contributed by atoms with van der Waals surface area (Å²) in [6.07, 6.45) is 0. The number of rotatable bonds is 8. The molecular weight excluding hydrogens is 336 g/mol. The molecular formula is C19H24N2OS2. The first-order valence-corrected chi connectivity index (χ1v) is 9.64. The summed E-state index contributed by atoms with van der Waals surface area (Å²) in [5.74, 6) is 2.91. The van der Waals surface area contributed by atoms with Crippen LogP contribution >= 0.6 is 24.0 Å². The predicted octanol–water partition coefficient (Wildman–Crippen LogP) is 4.61. The lowest BCUT2D eigenvalue weighted by Gasteiger charge is -2.11. The van der Waals surface area contributed by atoms with Crippen molar-refractivity contribution in [2.75, 3.05) is 24.2 Å². The summed E-state index contributed by atoms with van der Waals surface area (Å²) in [4.78, 5) is 0. The standard InChI is InChI=1S/C19H24N2OS2/c1-3-22-18-10-8-17(9-11-18)21-19(23)20-12-13-24-14-16-6-4-15(2)5-7-16/h4-11H,3,12-14H2,1-2H3,(H2,20,21,23). The normalized spacial score (nSPS) is 10.2. The molecule has 0 radical (unpaired) electrons. The van der Waals surface area contributed by atoms with Gasteiger partial charge in [-0.3, -0.25) is 0 Å². The van der Waals surface area contributed by atoms with Crippen molar-refractivity contribution in [3.05, 3.63) is 59.7 Å². The van der Waals surface area contributed by atoms with Gasteiger partial charge in [0.1, 0.15) is 5.75 Å². The van der Waals surface area contributed by atoms with Gasteiger partial charge in [-0.15, -0.1) is 0 Å². The molecule has 2 aromatic rings. The number of ether oxygens (including phenoxy) is 1. The Labute approximate surface area is 154 Å². The molecule has 0 saturated heterocycles. The summed E-state index contributed by atoms with van der Waals surface area (Å²) in [5, 5.41) is 7.06. The molecule has 0 heterocycles. The number of hydrogen-bond donors (Lipinski definition) is 2. The number of thioether (sulfide) groups is 1. The fraction of sp³-hybridized carbons (Fsp3) is 0.316. The molecule has 0 fully saturated rings. The summed E-state index contributed by atoms with van der Waals surface area (Å²) >= 11 is 7.22. The molecule has 2 N–H and O–H groups in total. The van der Waals surface area contributed by atoms with Crippen LogP contribution in [0.4, 0.5) is 5.69 Å². The first-order valence-electron chi connectivity index (χ1n) is 8.08. The summed E-state index contributed by atoms with van der Waals surface area (Å²) < 4.78 is 5.42. The maximum absolute atomic E-state index is 5.42. The van der Waals surface area contributed by atoms with E-state index < -0.39 is 0 Å². The average molecular weight is 361 g/mol. The molecule has 0 amide bonds. The zero-order chi connectivity index (χ0) is 17.2. The molecule has 0 aliphatic rings. The highest BCUT2D eigenvalue weighted by molar-refractivity contribution is 7.98. The summed E-state index contributed by atoms with van der Waals surface area (Å²) in [6, 6.07) is 16.5. The van der Waals surface area contributed by atoms with Crippen LogP contribution in [-0.2, 0) is 5.75 Å². The SMILES string of the molecule is CCOc1ccc(NC(=S)NCCSCc2ccc(C)cc2)cc1. The smallest absolute Gasteiger partial charge is 0.170 e. The molecule has 24 heavy (non-hydrogen) atoms. The molecule has 5 heteroatoms. The van der Waals surface area contributed by atoms with Crippen LogP contribution in [0.15, 0.2) is 48.5 Å². The van der Waals surface area contributed by atoms with Crippen LogP contribution in [0, 0.1) is 6.92 Å². The Morgan fingerprint density at radius 1 is 1.08 bits per heavy atom. The third kappa shape index (κ3) is 6.81. The zero-order valence-corrected chi connectivity index (χ0v) is 15.8. The molecule has 0 bridgehead atoms. The number of nitrogens with one attached hydrogen (secondary N) is 2. The molecule has 0 saturated carbocycles. The lowest BCUT2D eigenvalue weighted by atomic mass is 10.2. The second-order valence-corrected chi connectivity index (χ2v) is 6.89. The molecule has 2 aromatic carbocycles. The fourth-order valence-electron chi connectivity index (χ4n) is 2.09. The predicted molar refractivity (Wildman–Crippen MR) is 109 cm³/mol. The van der Waals surface area contributed by atoms with Gasteiger partial charge >= 0.3 is 0 Å². The van der Waals surface area contributed by atoms with E-state index >= 15 is 0 Å². The molecule has 3 nitrogen and oxygen atoms in total. The lowest BCUT2D eigenvalue weighted by molar-refractivity contribution is 0.340. The number of aryl methyl sites for hydroxylation is 1. The van der Waals surface area contributed by atoms with Gasteiger partial charge in [-0.1, -0.05) is 29.8 Å². The van der Waals surface area contributed by atoms with E-state index in [1.807, 2.05) is 43.0 Å². The maximum atomic E-state index is 5.42. The molecule has 0 aliphatic heterocycles. The number of thiocarbonyl (C=S) groups is 1. The zero-order valence-electron chi connectivity index (χ0n) is 14.2. The van der Waals surface area contributed by atoms with Crippen LogP contribution in [0.2, 0.25) is 0 Å². The number of hydrogen-bond acceptors (Lipinski definition) is 3. The van der Waals surface area contributed by atoms with E-state index in [4.69, 9.17) is 17.0 Å². The minimum Gasteiger partial charge on any atom is -0.494 e. The largest absolute Gasteiger partial charge is 0.494 e. The topological polar surface area (TPSA) is 33.3 Å². The van der Waals surface area contributed by atoms with Gasteiger partial charge in [0, 0.05) is 23.7 Å². The van der Waals surface area contributed by atoms with E-state index in [0.717, 1.165) is 29.5 Å². The van der Waals surface area contributed by atoms with Gasteiger partial charge in [0.25, 0.3) is 0 Å². The van der Waals surface area contributed by atoms with Gasteiger partial charge in [0.15, 0.2) is 5.11 Å². The fourth-order valence-corrected chi connectivity index (χ4v) is 3.13. The quantitative estimate of drug-likeness (QED) is 0.530. The summed E-state index contributed by atoms with van der Waals surface area (Å²) in [7, 11) is 0. The van der Waals surface area contributed by atoms with Gasteiger partial charge in [-0.25, -0.2) is 0 Å². The van der Waals surface area contributed by atoms with E-state index in [9.17, 15) is 0 Å². The molecule has 0 unspecified atom stereocenters. The summed E-state index contributed by atoms with van der Waals surface area (Å²) in [5.41, 5.74) is 3.63. The molecule has 2 rings (SSSR count). The van der Waals surface area contributed by atoms with E-state index in [2.05, 4.69) is 41.8 Å². The Hall–Kier alpha value is -1.72. The van der Waals surface area contributed by atoms with E-state index in [1.54, 1.807) is 0 Å². The first-order chi connectivity index (χ1) is 11.7. The van der Waals surface area contributed by atoms with Crippen LogP contribution in [0.5, 0.6) is 5.75 Å². The van der Waals surface area contributed by atoms with Crippen molar-refractivity contribution < 1.29 is 4.74 Å². The average Bonchev–Trinajstić information content (AvgIpc) is 2.58. The van der Waals surface area contributed by atoms with Gasteiger partial charge in [0.05, 0.1) is 6.61 Å². The monoisotopic (exact) mass is 360 g/mol. The van der Waals surface area contributed by atoms with Crippen molar-refractivity contribution in [1.29, 1.82) is 0 Å². The van der Waals surface area contributed by atoms with Crippen molar-refractivity contribution in [2.24, 2.45) is 0 Å². The Bertz CT molecular complexity index is 627. The molecule has 0 atom stereocenters. The lowest BCUT2D eigenvalue weighted by Crippen LogP contribution is -2.30. The molecule has 0 aromatic heterocycles. The van der Waals surface area contributed by atoms with Crippen LogP contribution in [0.25, 0.3) is 0 Å². The Balaban J connectivity index is 1.61. The highest BCUT2D eigenvalue weighted by Gasteiger charge is 1.99. The van der Waals surface area contributed by atoms with Gasteiger partial charge in [-0.2, -0.15) is 11.8 Å². The van der Waals surface area contributed by atoms with Gasteiger partial charge in [0.2, 0.25) is 0 Å². The molecule has 0 aliphatic carbocycles. The third-order valence-corrected chi connectivity index (χ3v) is 4.62. The van der Waals surface area contributed by atoms with E-state index in [-0.39, 0.29) is 0 Å². The van der Waals surface area contributed by atoms with E-state index in [0.29, 0.717) is 11.7 Å². The first kappa shape index (κ1) is 18.6. The van der Waals surface area contributed by atoms with Crippen molar-refractivity contribution in [2.45, 2.75) is 19.6 Å². The van der Waals surface area contributed by atoms with Crippen LogP contribution in [0.1, 0.15) is 18.1 Å². The molecule has 128 valence electrons. The molecule has 0 spiro atoms. The minimum atomic E-state index is 0.648. The van der Waals surface area contributed by atoms with Gasteiger partial charge < -0.3 is 15.4 Å². The Morgan fingerprint density at radius 2 is 1.79 bits per heavy atom. The summed E-state index contributed by atoms with van der Waals surface area (Å²) in [6.45, 7) is 5.60. The van der Waals surface area contributed by atoms with Crippen molar-refractivity contribution >= 4 is 34.8 Å². The second kappa shape index (κ2) is 10.2. The highest BCUT2D eigenvalue weighted by atomic mass is 32.2. The van der Waals surface area contributed by atoms with Crippen LogP contribution in [-0.4, -0.2) is 24.0 Å². The van der Waals surface area contributed by atoms with Crippen LogP contribution < -0.4 is 15.4 Å². The van der Waals surface area contributed by atoms with Crippen molar-refractivity contribution in [1.82, 2.24) is 5.32 Å². The number of anilines is 1. The Morgan fingerprint density at radius 3 is 2.46 bits per heavy atom. The van der Waals surface area contributed by atoms with Gasteiger partial charge in [-0.05, 0) is 55.9 Å². The third-order valence-electron chi connectivity index (χ3n) is 3.34. The van der Waals surface area contributed by atoms with Crippen molar-refractivity contribution in [3.63, 3.8) is 0 Å². The minimum absolute atomic E-state index is 0.648.